The van der Waals surface area contributed by atoms with Gasteiger partial charge in [0.15, 0.2) is 9.84 Å². The standard InChI is InChI=1S/C20H24N2O5S2/c1-15(16-5-9-18(10-6-16)28(2,24)25)21-20(23)17-7-11-19(12-8-17)29(26,27)22-13-3-4-14-22/h5-12,15H,3-4,13-14H2,1-2H3,(H,21,23)/t15-/m0/s1. The van der Waals surface area contributed by atoms with E-state index in [0.717, 1.165) is 24.7 Å². The molecule has 1 aliphatic heterocycles. The Hall–Kier alpha value is -2.23. The average Bonchev–Trinajstić information content (AvgIpc) is 3.23. The third-order valence-electron chi connectivity index (χ3n) is 4.98. The van der Waals surface area contributed by atoms with Crippen molar-refractivity contribution in [2.45, 2.75) is 35.6 Å². The normalized spacial score (nSPS) is 16.5. The first-order valence-electron chi connectivity index (χ1n) is 9.30. The summed E-state index contributed by atoms with van der Waals surface area (Å²) in [4.78, 5) is 12.9. The first-order valence-corrected chi connectivity index (χ1v) is 12.6. The van der Waals surface area contributed by atoms with Gasteiger partial charge in [0.2, 0.25) is 10.0 Å². The molecule has 29 heavy (non-hydrogen) atoms. The SMILES string of the molecule is C[C@H](NC(=O)c1ccc(S(=O)(=O)N2CCCC2)cc1)c1ccc(S(C)(=O)=O)cc1. The molecule has 2 aromatic carbocycles. The van der Waals surface area contributed by atoms with E-state index in [0.29, 0.717) is 18.7 Å². The van der Waals surface area contributed by atoms with Gasteiger partial charge < -0.3 is 5.32 Å². The van der Waals surface area contributed by atoms with E-state index in [-0.39, 0.29) is 21.7 Å². The Labute approximate surface area is 171 Å². The molecule has 1 atom stereocenters. The van der Waals surface area contributed by atoms with Crippen LogP contribution in [-0.2, 0) is 19.9 Å². The zero-order chi connectivity index (χ0) is 21.2. The van der Waals surface area contributed by atoms with Crippen LogP contribution >= 0.6 is 0 Å². The molecular formula is C20H24N2O5S2. The maximum Gasteiger partial charge on any atom is 0.251 e. The Morgan fingerprint density at radius 3 is 1.93 bits per heavy atom. The summed E-state index contributed by atoms with van der Waals surface area (Å²) < 4.78 is 49.7. The lowest BCUT2D eigenvalue weighted by molar-refractivity contribution is 0.0939. The molecule has 0 aliphatic carbocycles. The van der Waals surface area contributed by atoms with Crippen LogP contribution in [0.2, 0.25) is 0 Å². The molecule has 1 N–H and O–H groups in total. The molecule has 0 spiro atoms. The Morgan fingerprint density at radius 1 is 0.897 bits per heavy atom. The fourth-order valence-electron chi connectivity index (χ4n) is 3.22. The summed E-state index contributed by atoms with van der Waals surface area (Å²) in [7, 11) is -6.78. The first-order chi connectivity index (χ1) is 13.6. The molecule has 0 bridgehead atoms. The summed E-state index contributed by atoms with van der Waals surface area (Å²) in [6, 6.07) is 11.9. The average molecular weight is 437 g/mol. The van der Waals surface area contributed by atoms with Crippen molar-refractivity contribution in [3.8, 4) is 0 Å². The van der Waals surface area contributed by atoms with Gasteiger partial charge in [-0.15, -0.1) is 0 Å². The minimum Gasteiger partial charge on any atom is -0.346 e. The molecule has 0 unspecified atom stereocenters. The number of nitrogens with zero attached hydrogens (tertiary/aromatic N) is 1. The van der Waals surface area contributed by atoms with Crippen LogP contribution in [0.25, 0.3) is 0 Å². The van der Waals surface area contributed by atoms with Crippen LogP contribution in [-0.4, -0.2) is 46.4 Å². The third kappa shape index (κ3) is 4.85. The van der Waals surface area contributed by atoms with E-state index in [4.69, 9.17) is 0 Å². The highest BCUT2D eigenvalue weighted by Crippen LogP contribution is 2.22. The summed E-state index contributed by atoms with van der Waals surface area (Å²) in [6.45, 7) is 2.85. The lowest BCUT2D eigenvalue weighted by Gasteiger charge is -2.17. The second-order valence-corrected chi connectivity index (χ2v) is 11.1. The Kier molecular flexibility index (Phi) is 6.11. The van der Waals surface area contributed by atoms with Crippen molar-refractivity contribution in [1.82, 2.24) is 9.62 Å². The van der Waals surface area contributed by atoms with E-state index in [1.165, 1.54) is 40.7 Å². The second-order valence-electron chi connectivity index (χ2n) is 7.17. The number of rotatable bonds is 6. The van der Waals surface area contributed by atoms with E-state index >= 15 is 0 Å². The Morgan fingerprint density at radius 2 is 1.41 bits per heavy atom. The monoisotopic (exact) mass is 436 g/mol. The Balaban J connectivity index is 1.69. The summed E-state index contributed by atoms with van der Waals surface area (Å²) in [5, 5.41) is 2.84. The van der Waals surface area contributed by atoms with E-state index < -0.39 is 19.9 Å². The van der Waals surface area contributed by atoms with E-state index in [1.54, 1.807) is 19.1 Å². The highest BCUT2D eigenvalue weighted by Gasteiger charge is 2.27. The molecule has 1 saturated heterocycles. The molecule has 2 aromatic rings. The van der Waals surface area contributed by atoms with Crippen molar-refractivity contribution in [3.63, 3.8) is 0 Å². The number of hydrogen-bond donors (Lipinski definition) is 1. The van der Waals surface area contributed by atoms with Crippen molar-refractivity contribution < 1.29 is 21.6 Å². The van der Waals surface area contributed by atoms with Crippen LogP contribution in [0, 0.1) is 0 Å². The predicted molar refractivity (Wildman–Crippen MR) is 110 cm³/mol. The maximum atomic E-state index is 12.6. The van der Waals surface area contributed by atoms with Gasteiger partial charge in [0.25, 0.3) is 5.91 Å². The molecule has 9 heteroatoms. The van der Waals surface area contributed by atoms with Crippen LogP contribution in [0.5, 0.6) is 0 Å². The number of sulfone groups is 1. The quantitative estimate of drug-likeness (QED) is 0.749. The number of carbonyl (C=O) groups excluding carboxylic acids is 1. The maximum absolute atomic E-state index is 12.6. The number of benzene rings is 2. The lowest BCUT2D eigenvalue weighted by atomic mass is 10.1. The molecule has 7 nitrogen and oxygen atoms in total. The minimum absolute atomic E-state index is 0.181. The number of amides is 1. The summed E-state index contributed by atoms with van der Waals surface area (Å²) in [6.07, 6.45) is 2.87. The molecule has 0 radical (unpaired) electrons. The molecular weight excluding hydrogens is 412 g/mol. The molecule has 1 heterocycles. The first kappa shape index (κ1) is 21.5. The van der Waals surface area contributed by atoms with Gasteiger partial charge in [-0.25, -0.2) is 16.8 Å². The second kappa shape index (κ2) is 8.25. The fourth-order valence-corrected chi connectivity index (χ4v) is 5.37. The highest BCUT2D eigenvalue weighted by molar-refractivity contribution is 7.90. The zero-order valence-electron chi connectivity index (χ0n) is 16.3. The summed E-state index contributed by atoms with van der Waals surface area (Å²) in [5.41, 5.74) is 1.11. The van der Waals surface area contributed by atoms with Crippen LogP contribution in [0.3, 0.4) is 0 Å². The molecule has 1 aliphatic rings. The van der Waals surface area contributed by atoms with E-state index in [2.05, 4.69) is 5.32 Å². The van der Waals surface area contributed by atoms with Gasteiger partial charge in [-0.05, 0) is 61.7 Å². The molecule has 156 valence electrons. The minimum atomic E-state index is -3.51. The Bertz CT molecular complexity index is 1090. The number of carbonyl (C=O) groups is 1. The largest absolute Gasteiger partial charge is 0.346 e. The van der Waals surface area contributed by atoms with Crippen LogP contribution in [0.15, 0.2) is 58.3 Å². The van der Waals surface area contributed by atoms with Gasteiger partial charge in [-0.3, -0.25) is 4.79 Å². The van der Waals surface area contributed by atoms with Gasteiger partial charge in [0.1, 0.15) is 0 Å². The molecule has 1 amide bonds. The molecule has 0 aromatic heterocycles. The van der Waals surface area contributed by atoms with Crippen LogP contribution < -0.4 is 5.32 Å². The van der Waals surface area contributed by atoms with Crippen molar-refractivity contribution in [2.75, 3.05) is 19.3 Å². The number of sulfonamides is 1. The van der Waals surface area contributed by atoms with Gasteiger partial charge >= 0.3 is 0 Å². The van der Waals surface area contributed by atoms with E-state index in [1.807, 2.05) is 0 Å². The molecule has 1 fully saturated rings. The smallest absolute Gasteiger partial charge is 0.251 e. The summed E-state index contributed by atoms with van der Waals surface area (Å²) >= 11 is 0. The number of nitrogens with one attached hydrogen (secondary N) is 1. The van der Waals surface area contributed by atoms with Crippen LogP contribution in [0.4, 0.5) is 0 Å². The zero-order valence-corrected chi connectivity index (χ0v) is 18.0. The third-order valence-corrected chi connectivity index (χ3v) is 8.02. The van der Waals surface area contributed by atoms with Gasteiger partial charge in [-0.2, -0.15) is 4.31 Å². The lowest BCUT2D eigenvalue weighted by Crippen LogP contribution is -2.28. The van der Waals surface area contributed by atoms with Gasteiger partial charge in [-0.1, -0.05) is 12.1 Å². The van der Waals surface area contributed by atoms with Crippen molar-refractivity contribution in [2.24, 2.45) is 0 Å². The topological polar surface area (TPSA) is 101 Å². The highest BCUT2D eigenvalue weighted by atomic mass is 32.2. The van der Waals surface area contributed by atoms with Crippen LogP contribution in [0.1, 0.15) is 41.7 Å². The van der Waals surface area contributed by atoms with E-state index in [9.17, 15) is 21.6 Å². The molecule has 3 rings (SSSR count). The number of hydrogen-bond acceptors (Lipinski definition) is 5. The molecule has 0 saturated carbocycles. The predicted octanol–water partition coefficient (Wildman–Crippen LogP) is 2.37. The van der Waals surface area contributed by atoms with Crippen molar-refractivity contribution in [3.05, 3.63) is 59.7 Å². The van der Waals surface area contributed by atoms with Gasteiger partial charge in [0.05, 0.1) is 15.8 Å². The fraction of sp³-hybridized carbons (Fsp3) is 0.350. The van der Waals surface area contributed by atoms with Crippen molar-refractivity contribution in [1.29, 1.82) is 0 Å². The van der Waals surface area contributed by atoms with Crippen molar-refractivity contribution >= 4 is 25.8 Å². The summed E-state index contributed by atoms with van der Waals surface area (Å²) in [5.74, 6) is -0.338. The van der Waals surface area contributed by atoms with Gasteiger partial charge in [0, 0.05) is 24.9 Å².